The first-order valence-electron chi connectivity index (χ1n) is 6.71. The van der Waals surface area contributed by atoms with Gasteiger partial charge >= 0.3 is 0 Å². The summed E-state index contributed by atoms with van der Waals surface area (Å²) >= 11 is 0. The minimum absolute atomic E-state index is 0.287. The molecule has 0 bridgehead atoms. The van der Waals surface area contributed by atoms with E-state index < -0.39 is 5.66 Å². The van der Waals surface area contributed by atoms with Gasteiger partial charge in [-0.3, -0.25) is 5.32 Å². The van der Waals surface area contributed by atoms with Crippen LogP contribution in [0.4, 0.5) is 4.39 Å². The molecule has 1 atom stereocenters. The quantitative estimate of drug-likeness (QED) is 0.837. The number of rotatable bonds is 3. The summed E-state index contributed by atoms with van der Waals surface area (Å²) in [7, 11) is 0. The van der Waals surface area contributed by atoms with Crippen molar-refractivity contribution >= 4 is 10.8 Å². The molecular formula is C17H17FN2. The zero-order valence-corrected chi connectivity index (χ0v) is 11.1. The minimum Gasteiger partial charge on any atom is -0.310 e. The summed E-state index contributed by atoms with van der Waals surface area (Å²) in [6.45, 7) is 0.610. The van der Waals surface area contributed by atoms with Gasteiger partial charge < -0.3 is 5.73 Å². The van der Waals surface area contributed by atoms with Gasteiger partial charge in [-0.1, -0.05) is 42.5 Å². The maximum absolute atomic E-state index is 13.3. The molecule has 1 aliphatic carbocycles. The van der Waals surface area contributed by atoms with Crippen LogP contribution in [-0.2, 0) is 6.54 Å². The summed E-state index contributed by atoms with van der Waals surface area (Å²) in [5.74, 6) is -0.287. The van der Waals surface area contributed by atoms with Crippen molar-refractivity contribution in [2.45, 2.75) is 18.6 Å². The fourth-order valence-electron chi connectivity index (χ4n) is 2.46. The number of nitrogens with one attached hydrogen (secondary N) is 1. The molecule has 2 nitrogen and oxygen atoms in total. The van der Waals surface area contributed by atoms with Crippen LogP contribution in [0.5, 0.6) is 0 Å². The highest BCUT2D eigenvalue weighted by Crippen LogP contribution is 2.19. The summed E-state index contributed by atoms with van der Waals surface area (Å²) < 4.78 is 13.3. The molecule has 0 fully saturated rings. The lowest BCUT2D eigenvalue weighted by molar-refractivity contribution is 0.402. The number of hydrogen-bond donors (Lipinski definition) is 2. The van der Waals surface area contributed by atoms with Gasteiger partial charge in [0, 0.05) is 13.0 Å². The fraction of sp³-hybridized carbons (Fsp3) is 0.176. The molecule has 102 valence electrons. The summed E-state index contributed by atoms with van der Waals surface area (Å²) in [5, 5.41) is 5.63. The Morgan fingerprint density at radius 1 is 1.15 bits per heavy atom. The van der Waals surface area contributed by atoms with Gasteiger partial charge in [0.25, 0.3) is 0 Å². The van der Waals surface area contributed by atoms with Crippen LogP contribution in [0.1, 0.15) is 12.0 Å². The summed E-state index contributed by atoms with van der Waals surface area (Å²) in [6, 6.07) is 14.5. The van der Waals surface area contributed by atoms with Crippen molar-refractivity contribution in [2.24, 2.45) is 5.73 Å². The maximum atomic E-state index is 13.3. The maximum Gasteiger partial charge on any atom is 0.122 e. The predicted molar refractivity (Wildman–Crippen MR) is 80.7 cm³/mol. The van der Waals surface area contributed by atoms with Crippen LogP contribution in [0.3, 0.4) is 0 Å². The first-order chi connectivity index (χ1) is 9.65. The molecule has 0 amide bonds. The smallest absolute Gasteiger partial charge is 0.122 e. The molecule has 0 saturated heterocycles. The van der Waals surface area contributed by atoms with Crippen molar-refractivity contribution in [1.82, 2.24) is 5.32 Å². The Morgan fingerprint density at radius 3 is 2.75 bits per heavy atom. The third-order valence-corrected chi connectivity index (χ3v) is 3.56. The van der Waals surface area contributed by atoms with Crippen molar-refractivity contribution in [3.8, 4) is 0 Å². The van der Waals surface area contributed by atoms with E-state index in [-0.39, 0.29) is 5.83 Å². The number of fused-ring (bicyclic) bond motifs is 1. The number of nitrogens with two attached hydrogens (primary N) is 1. The molecule has 1 unspecified atom stereocenters. The third-order valence-electron chi connectivity index (χ3n) is 3.56. The summed E-state index contributed by atoms with van der Waals surface area (Å²) in [4.78, 5) is 0. The molecule has 3 heteroatoms. The molecule has 2 aromatic rings. The van der Waals surface area contributed by atoms with Gasteiger partial charge in [-0.25, -0.2) is 4.39 Å². The van der Waals surface area contributed by atoms with Crippen LogP contribution in [0, 0.1) is 0 Å². The van der Waals surface area contributed by atoms with E-state index >= 15 is 0 Å². The van der Waals surface area contributed by atoms with Gasteiger partial charge in [-0.15, -0.1) is 0 Å². The zero-order chi connectivity index (χ0) is 14.0. The molecule has 0 saturated carbocycles. The van der Waals surface area contributed by atoms with Crippen LogP contribution >= 0.6 is 0 Å². The number of halogens is 1. The van der Waals surface area contributed by atoms with E-state index in [1.807, 2.05) is 12.1 Å². The zero-order valence-electron chi connectivity index (χ0n) is 11.1. The Labute approximate surface area is 117 Å². The van der Waals surface area contributed by atoms with E-state index in [0.29, 0.717) is 13.0 Å². The largest absolute Gasteiger partial charge is 0.310 e. The van der Waals surface area contributed by atoms with Crippen molar-refractivity contribution in [1.29, 1.82) is 0 Å². The van der Waals surface area contributed by atoms with Gasteiger partial charge in [-0.2, -0.15) is 0 Å². The van der Waals surface area contributed by atoms with E-state index in [4.69, 9.17) is 5.73 Å². The third kappa shape index (κ3) is 2.79. The van der Waals surface area contributed by atoms with Crippen molar-refractivity contribution in [3.05, 3.63) is 72.1 Å². The average Bonchev–Trinajstić information content (AvgIpc) is 2.45. The number of benzene rings is 2. The topological polar surface area (TPSA) is 38.0 Å². The average molecular weight is 268 g/mol. The molecule has 3 N–H and O–H groups in total. The van der Waals surface area contributed by atoms with Crippen molar-refractivity contribution in [3.63, 3.8) is 0 Å². The number of allylic oxidation sites excluding steroid dienone is 2. The normalized spacial score (nSPS) is 22.0. The summed E-state index contributed by atoms with van der Waals surface area (Å²) in [6.07, 6.45) is 5.23. The SMILES string of the molecule is NC1(NCc2ccc3ccccc3c2)C=C(F)C=CC1. The molecule has 0 radical (unpaired) electrons. The Kier molecular flexibility index (Phi) is 3.38. The Hall–Kier alpha value is -1.97. The molecule has 0 aliphatic heterocycles. The lowest BCUT2D eigenvalue weighted by atomic mass is 10.0. The van der Waals surface area contributed by atoms with E-state index in [2.05, 4.69) is 35.6 Å². The molecule has 1 aliphatic rings. The molecule has 2 aromatic carbocycles. The second-order valence-electron chi connectivity index (χ2n) is 5.21. The molecule has 0 spiro atoms. The fourth-order valence-corrected chi connectivity index (χ4v) is 2.46. The first kappa shape index (κ1) is 13.0. The number of hydrogen-bond acceptors (Lipinski definition) is 2. The van der Waals surface area contributed by atoms with Gasteiger partial charge in [0.05, 0.1) is 5.66 Å². The van der Waals surface area contributed by atoms with Gasteiger partial charge in [0.2, 0.25) is 0 Å². The molecule has 20 heavy (non-hydrogen) atoms. The highest BCUT2D eigenvalue weighted by atomic mass is 19.1. The van der Waals surface area contributed by atoms with Gasteiger partial charge in [-0.05, 0) is 34.6 Å². The van der Waals surface area contributed by atoms with E-state index in [0.717, 1.165) is 5.56 Å². The molecule has 3 rings (SSSR count). The van der Waals surface area contributed by atoms with Crippen LogP contribution < -0.4 is 11.1 Å². The highest BCUT2D eigenvalue weighted by molar-refractivity contribution is 5.82. The van der Waals surface area contributed by atoms with E-state index in [1.54, 1.807) is 6.08 Å². The first-order valence-corrected chi connectivity index (χ1v) is 6.71. The second-order valence-corrected chi connectivity index (χ2v) is 5.21. The Morgan fingerprint density at radius 2 is 1.95 bits per heavy atom. The van der Waals surface area contributed by atoms with Gasteiger partial charge in [0.1, 0.15) is 5.83 Å². The monoisotopic (exact) mass is 268 g/mol. The minimum atomic E-state index is -0.801. The van der Waals surface area contributed by atoms with Crippen LogP contribution in [0.15, 0.2) is 66.5 Å². The van der Waals surface area contributed by atoms with Crippen LogP contribution in [0.2, 0.25) is 0 Å². The second kappa shape index (κ2) is 5.19. The van der Waals surface area contributed by atoms with Crippen molar-refractivity contribution < 1.29 is 4.39 Å². The van der Waals surface area contributed by atoms with Gasteiger partial charge in [0.15, 0.2) is 0 Å². The molecule has 0 heterocycles. The lowest BCUT2D eigenvalue weighted by Crippen LogP contribution is -2.51. The van der Waals surface area contributed by atoms with E-state index in [9.17, 15) is 4.39 Å². The van der Waals surface area contributed by atoms with Crippen LogP contribution in [-0.4, -0.2) is 5.66 Å². The molecule has 0 aromatic heterocycles. The van der Waals surface area contributed by atoms with Crippen molar-refractivity contribution in [2.75, 3.05) is 0 Å². The van der Waals surface area contributed by atoms with Crippen LogP contribution in [0.25, 0.3) is 10.8 Å². The summed E-state index contributed by atoms with van der Waals surface area (Å²) in [5.41, 5.74) is 6.47. The predicted octanol–water partition coefficient (Wildman–Crippen LogP) is 3.40. The standard InChI is InChI=1S/C17H17FN2/c18-16-6-3-9-17(19,11-16)20-12-13-7-8-14-4-1-2-5-15(14)10-13/h1-8,10-11,20H,9,12,19H2. The lowest BCUT2D eigenvalue weighted by Gasteiger charge is -2.28. The molecular weight excluding hydrogens is 251 g/mol. The highest BCUT2D eigenvalue weighted by Gasteiger charge is 2.23. The van der Waals surface area contributed by atoms with E-state index in [1.165, 1.54) is 22.9 Å². The Bertz CT molecular complexity index is 690. The Balaban J connectivity index is 1.75.